The molecular weight excluding hydrogens is 459 g/mol. The van der Waals surface area contributed by atoms with Gasteiger partial charge in [0, 0.05) is 16.5 Å². The molecule has 2 atom stereocenters. The molecule has 0 radical (unpaired) electrons. The fourth-order valence-corrected chi connectivity index (χ4v) is 4.55. The fourth-order valence-electron chi connectivity index (χ4n) is 4.14. The molecule has 0 saturated carbocycles. The monoisotopic (exact) mass is 477 g/mol. The number of amides is 1. The molecule has 3 aromatic carbocycles. The third-order valence-electron chi connectivity index (χ3n) is 5.60. The van der Waals surface area contributed by atoms with E-state index < -0.39 is 23.9 Å². The van der Waals surface area contributed by atoms with Crippen LogP contribution in [0.1, 0.15) is 36.1 Å². The lowest BCUT2D eigenvalue weighted by Crippen LogP contribution is -2.47. The van der Waals surface area contributed by atoms with Crippen molar-refractivity contribution in [2.75, 3.05) is 0 Å². The van der Waals surface area contributed by atoms with E-state index in [0.29, 0.717) is 10.0 Å². The van der Waals surface area contributed by atoms with E-state index in [0.717, 1.165) is 16.3 Å². The maximum Gasteiger partial charge on any atom is 0.432 e. The normalized spacial score (nSPS) is 19.4. The number of ether oxygens (including phenoxy) is 1. The second-order valence-electron chi connectivity index (χ2n) is 7.45. The van der Waals surface area contributed by atoms with Crippen molar-refractivity contribution in [2.45, 2.75) is 37.6 Å². The predicted octanol–water partition coefficient (Wildman–Crippen LogP) is 6.79. The first-order chi connectivity index (χ1) is 14.2. The number of nitrogens with one attached hydrogen (secondary N) is 1. The van der Waals surface area contributed by atoms with Gasteiger partial charge in [-0.2, -0.15) is 13.2 Å². The molecule has 4 rings (SSSR count). The lowest BCUT2D eigenvalue weighted by atomic mass is 9.95. The van der Waals surface area contributed by atoms with Crippen LogP contribution in [-0.2, 0) is 16.8 Å². The van der Waals surface area contributed by atoms with Gasteiger partial charge in [0.05, 0.1) is 6.04 Å². The molecule has 30 heavy (non-hydrogen) atoms. The molecule has 0 bridgehead atoms. The van der Waals surface area contributed by atoms with E-state index in [4.69, 9.17) is 4.74 Å². The van der Waals surface area contributed by atoms with Crippen molar-refractivity contribution in [3.63, 3.8) is 0 Å². The SMILES string of the molecule is C[C@H](NC(=O)O[C@@]1(C(F)(F)F)CCc2cc(Br)ccc21)c1cccc2ccccc12. The number of rotatable bonds is 3. The number of alkyl carbamates (subject to hydrolysis) is 1. The molecule has 0 unspecified atom stereocenters. The highest BCUT2D eigenvalue weighted by Gasteiger charge is 2.62. The Balaban J connectivity index is 1.61. The second-order valence-corrected chi connectivity index (χ2v) is 8.37. The Morgan fingerprint density at radius 3 is 2.63 bits per heavy atom. The van der Waals surface area contributed by atoms with Gasteiger partial charge >= 0.3 is 12.3 Å². The zero-order chi connectivity index (χ0) is 21.5. The first-order valence-corrected chi connectivity index (χ1v) is 10.3. The van der Waals surface area contributed by atoms with Crippen LogP contribution in [0.3, 0.4) is 0 Å². The van der Waals surface area contributed by atoms with E-state index in [1.165, 1.54) is 12.1 Å². The Bertz CT molecular complexity index is 1110. The molecule has 3 aromatic rings. The van der Waals surface area contributed by atoms with Gasteiger partial charge in [-0.05, 0) is 47.4 Å². The Kier molecular flexibility index (Phi) is 5.26. The van der Waals surface area contributed by atoms with Crippen LogP contribution in [0, 0.1) is 0 Å². The quantitative estimate of drug-likeness (QED) is 0.450. The lowest BCUT2D eigenvalue weighted by Gasteiger charge is -2.33. The van der Waals surface area contributed by atoms with Crippen molar-refractivity contribution in [3.8, 4) is 0 Å². The van der Waals surface area contributed by atoms with Gasteiger partial charge < -0.3 is 10.1 Å². The summed E-state index contributed by atoms with van der Waals surface area (Å²) in [5.41, 5.74) is -1.32. The largest absolute Gasteiger partial charge is 0.432 e. The molecule has 1 aliphatic rings. The average Bonchev–Trinajstić information content (AvgIpc) is 3.06. The second kappa shape index (κ2) is 7.61. The number of carbonyl (C=O) groups excluding carboxylic acids is 1. The number of fused-ring (bicyclic) bond motifs is 2. The van der Waals surface area contributed by atoms with Crippen LogP contribution in [0.5, 0.6) is 0 Å². The number of halogens is 4. The summed E-state index contributed by atoms with van der Waals surface area (Å²) < 4.78 is 48.2. The molecule has 0 fully saturated rings. The molecule has 0 aliphatic heterocycles. The summed E-state index contributed by atoms with van der Waals surface area (Å²) in [4.78, 5) is 12.6. The van der Waals surface area contributed by atoms with Crippen LogP contribution in [0.15, 0.2) is 65.1 Å². The summed E-state index contributed by atoms with van der Waals surface area (Å²) >= 11 is 3.28. The average molecular weight is 478 g/mol. The fraction of sp³-hybridized carbons (Fsp3) is 0.261. The zero-order valence-electron chi connectivity index (χ0n) is 16.1. The summed E-state index contributed by atoms with van der Waals surface area (Å²) in [6.45, 7) is 1.73. The van der Waals surface area contributed by atoms with E-state index in [-0.39, 0.29) is 18.4 Å². The van der Waals surface area contributed by atoms with Crippen molar-refractivity contribution in [2.24, 2.45) is 0 Å². The maximum absolute atomic E-state index is 14.1. The molecular formula is C23H19BrF3NO2. The van der Waals surface area contributed by atoms with Crippen LogP contribution in [0.25, 0.3) is 10.8 Å². The van der Waals surface area contributed by atoms with E-state index in [1.54, 1.807) is 13.0 Å². The Labute approximate surface area is 180 Å². The summed E-state index contributed by atoms with van der Waals surface area (Å²) in [6.07, 6.45) is -5.98. The summed E-state index contributed by atoms with van der Waals surface area (Å²) in [6, 6.07) is 17.3. The standard InChI is InChI=1S/C23H19BrF3NO2/c1-14(18-8-4-6-15-5-2-3-7-19(15)18)28-21(29)30-22(23(25,26)27)12-11-16-13-17(24)9-10-20(16)22/h2-10,13-14H,11-12H2,1H3,(H,28,29)/t14-,22-/m0/s1. The molecule has 7 heteroatoms. The van der Waals surface area contributed by atoms with Gasteiger partial charge in [0.2, 0.25) is 5.60 Å². The van der Waals surface area contributed by atoms with Crippen LogP contribution in [0.2, 0.25) is 0 Å². The third-order valence-corrected chi connectivity index (χ3v) is 6.09. The van der Waals surface area contributed by atoms with Gasteiger partial charge in [0.25, 0.3) is 0 Å². The van der Waals surface area contributed by atoms with Crippen LogP contribution < -0.4 is 5.32 Å². The first kappa shape index (κ1) is 20.7. The molecule has 156 valence electrons. The first-order valence-electron chi connectivity index (χ1n) is 9.54. The van der Waals surface area contributed by atoms with Crippen molar-refractivity contribution in [1.82, 2.24) is 5.32 Å². The number of benzene rings is 3. The molecule has 3 nitrogen and oxygen atoms in total. The van der Waals surface area contributed by atoms with Crippen LogP contribution >= 0.6 is 15.9 Å². The van der Waals surface area contributed by atoms with E-state index in [2.05, 4.69) is 21.2 Å². The highest BCUT2D eigenvalue weighted by molar-refractivity contribution is 9.10. The molecule has 1 amide bonds. The molecule has 0 aromatic heterocycles. The maximum atomic E-state index is 14.1. The minimum absolute atomic E-state index is 0.00818. The smallest absolute Gasteiger partial charge is 0.428 e. The highest BCUT2D eigenvalue weighted by Crippen LogP contribution is 2.51. The Morgan fingerprint density at radius 1 is 1.13 bits per heavy atom. The van der Waals surface area contributed by atoms with Gasteiger partial charge in [0.1, 0.15) is 0 Å². The van der Waals surface area contributed by atoms with E-state index >= 15 is 0 Å². The van der Waals surface area contributed by atoms with Crippen molar-refractivity contribution >= 4 is 32.8 Å². The summed E-state index contributed by atoms with van der Waals surface area (Å²) in [7, 11) is 0. The van der Waals surface area contributed by atoms with Crippen molar-refractivity contribution < 1.29 is 22.7 Å². The molecule has 0 heterocycles. The van der Waals surface area contributed by atoms with E-state index in [1.807, 2.05) is 42.5 Å². The third kappa shape index (κ3) is 3.55. The van der Waals surface area contributed by atoms with Gasteiger partial charge in [-0.1, -0.05) is 64.5 Å². The molecule has 0 spiro atoms. The Hall–Kier alpha value is -2.54. The van der Waals surface area contributed by atoms with Gasteiger partial charge in [-0.15, -0.1) is 0 Å². The zero-order valence-corrected chi connectivity index (χ0v) is 17.7. The number of hydrogen-bond acceptors (Lipinski definition) is 2. The Morgan fingerprint density at radius 2 is 1.87 bits per heavy atom. The van der Waals surface area contributed by atoms with E-state index in [9.17, 15) is 18.0 Å². The van der Waals surface area contributed by atoms with Gasteiger partial charge in [0.15, 0.2) is 0 Å². The number of hydrogen-bond donors (Lipinski definition) is 1. The predicted molar refractivity (Wildman–Crippen MR) is 112 cm³/mol. The number of aryl methyl sites for hydroxylation is 1. The molecule has 1 N–H and O–H groups in total. The summed E-state index contributed by atoms with van der Waals surface area (Å²) in [5.74, 6) is 0. The highest BCUT2D eigenvalue weighted by atomic mass is 79.9. The van der Waals surface area contributed by atoms with Crippen LogP contribution in [-0.4, -0.2) is 12.3 Å². The number of alkyl halides is 3. The van der Waals surface area contributed by atoms with Crippen molar-refractivity contribution in [1.29, 1.82) is 0 Å². The minimum atomic E-state index is -4.73. The topological polar surface area (TPSA) is 38.3 Å². The van der Waals surface area contributed by atoms with Gasteiger partial charge in [-0.25, -0.2) is 4.79 Å². The van der Waals surface area contributed by atoms with Crippen molar-refractivity contribution in [3.05, 3.63) is 81.8 Å². The van der Waals surface area contributed by atoms with Crippen LogP contribution in [0.4, 0.5) is 18.0 Å². The molecule has 0 saturated heterocycles. The summed E-state index contributed by atoms with van der Waals surface area (Å²) in [5, 5.41) is 4.49. The molecule has 1 aliphatic carbocycles. The lowest BCUT2D eigenvalue weighted by molar-refractivity contribution is -0.263. The number of carbonyl (C=O) groups is 1. The minimum Gasteiger partial charge on any atom is -0.428 e. The van der Waals surface area contributed by atoms with Gasteiger partial charge in [-0.3, -0.25) is 0 Å².